The molecule has 8 nitrogen and oxygen atoms in total. The van der Waals surface area contributed by atoms with Gasteiger partial charge in [-0.2, -0.15) is 0 Å². The molecule has 3 radical (unpaired) electrons. The summed E-state index contributed by atoms with van der Waals surface area (Å²) in [5.74, 6) is -1.02. The van der Waals surface area contributed by atoms with E-state index in [1.54, 1.807) is 13.0 Å². The number of pyridine rings is 1. The summed E-state index contributed by atoms with van der Waals surface area (Å²) >= 11 is 0. The Labute approximate surface area is 247 Å². The topological polar surface area (TPSA) is 132 Å². The van der Waals surface area contributed by atoms with Crippen LogP contribution in [0.5, 0.6) is 5.75 Å². The number of nitrogens with zero attached hydrogens (tertiary/aromatic N) is 1. The number of carbonyl (C=O) groups excluding carboxylic acids is 1. The molecule has 125 valence electrons. The fraction of sp³-hybridized carbons (Fsp3) is 0.538. The number of rotatable bonds is 2. The minimum Gasteiger partial charge on any atom is -0.505 e. The van der Waals surface area contributed by atoms with Gasteiger partial charge in [0.1, 0.15) is 24.1 Å². The smallest absolute Gasteiger partial charge is 0.275 e. The molecule has 0 bridgehead atoms. The molecule has 5 atom stereocenters. The Morgan fingerprint density at radius 1 is 1.17 bits per heavy atom. The van der Waals surface area contributed by atoms with Gasteiger partial charge in [0.05, 0.1) is 6.10 Å². The number of aromatic nitrogens is 1. The Morgan fingerprint density at radius 2 is 1.75 bits per heavy atom. The minimum absolute atomic E-state index is 0. The van der Waals surface area contributed by atoms with Crippen molar-refractivity contribution in [3.8, 4) is 5.75 Å². The molecule has 0 saturated carbocycles. The zero-order chi connectivity index (χ0) is 15.7. The number of aliphatic hydroxyl groups excluding tert-OH is 3. The zero-order valence-electron chi connectivity index (χ0n) is 13.3. The van der Waals surface area contributed by atoms with E-state index in [1.807, 2.05) is 0 Å². The summed E-state index contributed by atoms with van der Waals surface area (Å²) in [6.07, 6.45) is -4.81. The first kappa shape index (κ1) is 28.8. The van der Waals surface area contributed by atoms with Crippen LogP contribution in [0.4, 0.5) is 0 Å². The van der Waals surface area contributed by atoms with Gasteiger partial charge in [-0.15, -0.1) is 0 Å². The van der Waals surface area contributed by atoms with Crippen LogP contribution in [0.1, 0.15) is 23.0 Å². The van der Waals surface area contributed by atoms with Crippen molar-refractivity contribution in [1.29, 1.82) is 0 Å². The molecule has 1 aromatic heterocycles. The molecule has 1 aromatic rings. The Morgan fingerprint density at radius 3 is 2.33 bits per heavy atom. The normalized spacial score (nSPS) is 28.6. The van der Waals surface area contributed by atoms with Crippen LogP contribution in [0.2, 0.25) is 0 Å². The molecule has 0 aromatic carbocycles. The third-order valence-electron chi connectivity index (χ3n) is 3.47. The van der Waals surface area contributed by atoms with E-state index in [9.17, 15) is 25.2 Å². The van der Waals surface area contributed by atoms with E-state index >= 15 is 0 Å². The van der Waals surface area contributed by atoms with E-state index in [0.29, 0.717) is 5.56 Å². The van der Waals surface area contributed by atoms with Crippen LogP contribution >= 0.6 is 0 Å². The van der Waals surface area contributed by atoms with Gasteiger partial charge in [-0.3, -0.25) is 4.79 Å². The third-order valence-corrected chi connectivity index (χ3v) is 3.47. The van der Waals surface area contributed by atoms with Gasteiger partial charge in [-0.05, 0) is 25.5 Å². The molecule has 0 aliphatic carbocycles. The number of aromatic hydroxyl groups is 1. The Bertz CT molecular complexity index is 550. The van der Waals surface area contributed by atoms with Crippen LogP contribution in [0.3, 0.4) is 0 Å². The molecule has 2 rings (SSSR count). The van der Waals surface area contributed by atoms with Crippen molar-refractivity contribution in [3.63, 3.8) is 0 Å². The van der Waals surface area contributed by atoms with Crippen molar-refractivity contribution in [3.05, 3.63) is 23.5 Å². The molecule has 0 spiro atoms. The van der Waals surface area contributed by atoms with Gasteiger partial charge in [0.2, 0.25) is 0 Å². The predicted molar refractivity (Wildman–Crippen MR) is 70.5 cm³/mol. The first-order chi connectivity index (χ1) is 9.82. The number of hydrogen-bond donors (Lipinski definition) is 5. The maximum absolute atomic E-state index is 12.1. The fourth-order valence-electron chi connectivity index (χ4n) is 2.08. The molecule has 2 heterocycles. The van der Waals surface area contributed by atoms with Crippen LogP contribution in [-0.4, -0.2) is 62.0 Å². The molecule has 1 fully saturated rings. The van der Waals surface area contributed by atoms with Gasteiger partial charge in [0.25, 0.3) is 5.91 Å². The standard InChI is InChI=1S/C13H18N2O6.3Ac/c1-5-3-4-14-7(8(5)16)12(20)15-13-11(19)10(18)9(17)6(2)21-13;;;/h3-4,6,9-11,13,16-19H,1-2H3,(H,15,20);;;/t6-,9+,10+,11-,13-;;;/m0.../s1. The summed E-state index contributed by atoms with van der Waals surface area (Å²) in [7, 11) is 0. The molecule has 1 aliphatic rings. The van der Waals surface area contributed by atoms with Crippen LogP contribution < -0.4 is 5.32 Å². The van der Waals surface area contributed by atoms with E-state index < -0.39 is 36.6 Å². The number of nitrogens with one attached hydrogen (secondary N) is 1. The van der Waals surface area contributed by atoms with Gasteiger partial charge in [-0.25, -0.2) is 4.98 Å². The average Bonchev–Trinajstić information content (AvgIpc) is 2.45. The van der Waals surface area contributed by atoms with Crippen LogP contribution in [0.15, 0.2) is 12.3 Å². The maximum atomic E-state index is 12.1. The zero-order valence-corrected chi connectivity index (χ0v) is 27.6. The van der Waals surface area contributed by atoms with E-state index in [2.05, 4.69) is 10.3 Å². The Balaban J connectivity index is 0. The second-order valence-electron chi connectivity index (χ2n) is 5.03. The molecular formula is C13H18Ac3N2O6. The number of ether oxygens (including phenoxy) is 1. The molecule has 11 heteroatoms. The number of aliphatic hydroxyl groups is 3. The summed E-state index contributed by atoms with van der Waals surface area (Å²) in [6, 6.07) is 1.54. The summed E-state index contributed by atoms with van der Waals surface area (Å²) in [5.41, 5.74) is 0.267. The first-order valence-corrected chi connectivity index (χ1v) is 6.48. The Kier molecular flexibility index (Phi) is 15.5. The Hall–Kier alpha value is 2.58. The molecule has 0 unspecified atom stereocenters. The molecule has 1 amide bonds. The molecule has 24 heavy (non-hydrogen) atoms. The van der Waals surface area contributed by atoms with Crippen molar-refractivity contribution < 1.29 is 162 Å². The van der Waals surface area contributed by atoms with Crippen molar-refractivity contribution in [1.82, 2.24) is 10.3 Å². The van der Waals surface area contributed by atoms with E-state index in [-0.39, 0.29) is 144 Å². The summed E-state index contributed by atoms with van der Waals surface area (Å²) < 4.78 is 5.24. The third kappa shape index (κ3) is 6.88. The number of carbonyl (C=O) groups is 1. The average molecular weight is 979 g/mol. The van der Waals surface area contributed by atoms with E-state index in [1.165, 1.54) is 13.1 Å². The number of amides is 1. The molecule has 5 N–H and O–H groups in total. The van der Waals surface area contributed by atoms with Gasteiger partial charge in [-0.1, -0.05) is 0 Å². The second kappa shape index (κ2) is 12.9. The monoisotopic (exact) mass is 979 g/mol. The largest absolute Gasteiger partial charge is 0.505 e. The second-order valence-corrected chi connectivity index (χ2v) is 5.03. The van der Waals surface area contributed by atoms with E-state index in [4.69, 9.17) is 4.74 Å². The summed E-state index contributed by atoms with van der Waals surface area (Å²) in [6.45, 7) is 3.11. The fourth-order valence-corrected chi connectivity index (χ4v) is 2.08. The number of hydrogen-bond acceptors (Lipinski definition) is 7. The molecular weight excluding hydrogens is 961 g/mol. The van der Waals surface area contributed by atoms with Gasteiger partial charge in [0, 0.05) is 138 Å². The molecule has 1 aliphatic heterocycles. The van der Waals surface area contributed by atoms with Crippen molar-refractivity contribution in [2.24, 2.45) is 0 Å². The van der Waals surface area contributed by atoms with E-state index in [0.717, 1.165) is 0 Å². The number of aryl methyl sites for hydroxylation is 1. The van der Waals surface area contributed by atoms with Crippen molar-refractivity contribution >= 4 is 5.91 Å². The quantitative estimate of drug-likeness (QED) is 0.248. The molecule has 1 saturated heterocycles. The first-order valence-electron chi connectivity index (χ1n) is 6.48. The van der Waals surface area contributed by atoms with Crippen LogP contribution in [-0.2, 0) is 4.74 Å². The van der Waals surface area contributed by atoms with Gasteiger partial charge >= 0.3 is 0 Å². The van der Waals surface area contributed by atoms with Crippen LogP contribution in [0, 0.1) is 139 Å². The van der Waals surface area contributed by atoms with Crippen LogP contribution in [0.25, 0.3) is 0 Å². The minimum atomic E-state index is -1.49. The summed E-state index contributed by atoms with van der Waals surface area (Å²) in [4.78, 5) is 15.8. The predicted octanol–water partition coefficient (Wildman–Crippen LogP) is -1.35. The van der Waals surface area contributed by atoms with Gasteiger partial charge < -0.3 is 30.5 Å². The van der Waals surface area contributed by atoms with Crippen molar-refractivity contribution in [2.45, 2.75) is 44.5 Å². The van der Waals surface area contributed by atoms with Gasteiger partial charge in [0.15, 0.2) is 11.9 Å². The van der Waals surface area contributed by atoms with Crippen molar-refractivity contribution in [2.75, 3.05) is 0 Å². The maximum Gasteiger partial charge on any atom is 0.275 e. The summed E-state index contributed by atoms with van der Waals surface area (Å²) in [5, 5.41) is 41.2. The SMILES string of the molecule is Cc1ccnc(C(=O)N[C@H]2O[C@@H](C)[C@@H](O)[C@@H](O)[C@@H]2O)c1O.[Ac].[Ac].[Ac].